The van der Waals surface area contributed by atoms with E-state index in [4.69, 9.17) is 22.1 Å². The maximum Gasteiger partial charge on any atom is 0.124 e. The molecular formula is C17H20ClNO. The van der Waals surface area contributed by atoms with E-state index in [1.165, 1.54) is 5.56 Å². The first-order valence-electron chi connectivity index (χ1n) is 6.71. The lowest BCUT2D eigenvalue weighted by Gasteiger charge is -2.15. The van der Waals surface area contributed by atoms with Gasteiger partial charge < -0.3 is 10.5 Å². The molecule has 0 bridgehead atoms. The molecule has 2 nitrogen and oxygen atoms in total. The van der Waals surface area contributed by atoms with Gasteiger partial charge in [-0.2, -0.15) is 0 Å². The minimum atomic E-state index is -0.0570. The molecule has 0 saturated heterocycles. The first-order chi connectivity index (χ1) is 9.47. The molecule has 3 heteroatoms. The van der Waals surface area contributed by atoms with Gasteiger partial charge in [0.05, 0.1) is 0 Å². The van der Waals surface area contributed by atoms with E-state index < -0.39 is 0 Å². The summed E-state index contributed by atoms with van der Waals surface area (Å²) in [6, 6.07) is 12.0. The highest BCUT2D eigenvalue weighted by molar-refractivity contribution is 6.31. The zero-order valence-corrected chi connectivity index (χ0v) is 12.9. The van der Waals surface area contributed by atoms with Gasteiger partial charge >= 0.3 is 0 Å². The van der Waals surface area contributed by atoms with Crippen molar-refractivity contribution in [3.63, 3.8) is 0 Å². The standard InChI is InChI=1S/C17H20ClNO/c1-11-5-7-17(15(8-11)13(3)19)20-10-14-6-4-12(2)9-16(14)18/h4-9,13H,10,19H2,1-3H3. The summed E-state index contributed by atoms with van der Waals surface area (Å²) in [7, 11) is 0. The number of hydrogen-bond donors (Lipinski definition) is 1. The minimum absolute atomic E-state index is 0.0570. The third kappa shape index (κ3) is 3.53. The van der Waals surface area contributed by atoms with Crippen LogP contribution in [0.1, 0.15) is 35.2 Å². The summed E-state index contributed by atoms with van der Waals surface area (Å²) in [6.07, 6.45) is 0. The Kier molecular flexibility index (Phi) is 4.69. The number of hydrogen-bond acceptors (Lipinski definition) is 2. The van der Waals surface area contributed by atoms with Crippen molar-refractivity contribution in [1.82, 2.24) is 0 Å². The molecule has 0 aromatic heterocycles. The first-order valence-corrected chi connectivity index (χ1v) is 7.09. The molecule has 0 fully saturated rings. The van der Waals surface area contributed by atoms with E-state index in [0.717, 1.165) is 27.5 Å². The number of ether oxygens (including phenoxy) is 1. The quantitative estimate of drug-likeness (QED) is 0.896. The Balaban J connectivity index is 2.18. The van der Waals surface area contributed by atoms with Gasteiger partial charge in [0.1, 0.15) is 12.4 Å². The van der Waals surface area contributed by atoms with Crippen LogP contribution in [0, 0.1) is 13.8 Å². The lowest BCUT2D eigenvalue weighted by atomic mass is 10.1. The van der Waals surface area contributed by atoms with Crippen molar-refractivity contribution in [2.45, 2.75) is 33.4 Å². The topological polar surface area (TPSA) is 35.2 Å². The van der Waals surface area contributed by atoms with Crippen LogP contribution < -0.4 is 10.5 Å². The molecule has 0 aliphatic carbocycles. The Hall–Kier alpha value is -1.51. The number of aryl methyl sites for hydroxylation is 2. The van der Waals surface area contributed by atoms with Gasteiger partial charge in [-0.25, -0.2) is 0 Å². The smallest absolute Gasteiger partial charge is 0.124 e. The molecule has 106 valence electrons. The van der Waals surface area contributed by atoms with Crippen LogP contribution in [0.15, 0.2) is 36.4 Å². The molecular weight excluding hydrogens is 270 g/mol. The number of nitrogens with two attached hydrogens (primary N) is 1. The van der Waals surface area contributed by atoms with Gasteiger partial charge in [-0.1, -0.05) is 41.4 Å². The van der Waals surface area contributed by atoms with E-state index in [1.807, 2.05) is 51.1 Å². The molecule has 0 aliphatic rings. The van der Waals surface area contributed by atoms with Crippen LogP contribution in [0.4, 0.5) is 0 Å². The average molecular weight is 290 g/mol. The van der Waals surface area contributed by atoms with Crippen LogP contribution in [0.3, 0.4) is 0 Å². The Labute approximate surface area is 125 Å². The number of rotatable bonds is 4. The lowest BCUT2D eigenvalue weighted by Crippen LogP contribution is -2.08. The van der Waals surface area contributed by atoms with Crippen molar-refractivity contribution < 1.29 is 4.74 Å². The molecule has 2 aromatic carbocycles. The van der Waals surface area contributed by atoms with Crippen LogP contribution in [0.25, 0.3) is 0 Å². The highest BCUT2D eigenvalue weighted by Crippen LogP contribution is 2.27. The maximum atomic E-state index is 6.22. The van der Waals surface area contributed by atoms with E-state index in [2.05, 4.69) is 6.07 Å². The van der Waals surface area contributed by atoms with Crippen LogP contribution in [0.5, 0.6) is 5.75 Å². The molecule has 1 unspecified atom stereocenters. The van der Waals surface area contributed by atoms with E-state index in [0.29, 0.717) is 6.61 Å². The third-order valence-corrected chi connectivity index (χ3v) is 3.60. The molecule has 2 aromatic rings. The SMILES string of the molecule is Cc1ccc(COc2ccc(C)cc2C(C)N)c(Cl)c1. The monoisotopic (exact) mass is 289 g/mol. The summed E-state index contributed by atoms with van der Waals surface area (Å²) in [5.74, 6) is 0.822. The summed E-state index contributed by atoms with van der Waals surface area (Å²) in [5, 5.41) is 0.736. The van der Waals surface area contributed by atoms with Crippen molar-refractivity contribution in [3.05, 3.63) is 63.7 Å². The third-order valence-electron chi connectivity index (χ3n) is 3.25. The predicted octanol–water partition coefficient (Wildman–Crippen LogP) is 4.56. The largest absolute Gasteiger partial charge is 0.489 e. The van der Waals surface area contributed by atoms with Crippen molar-refractivity contribution >= 4 is 11.6 Å². The van der Waals surface area contributed by atoms with E-state index in [9.17, 15) is 0 Å². The fraction of sp³-hybridized carbons (Fsp3) is 0.294. The molecule has 0 radical (unpaired) electrons. The van der Waals surface area contributed by atoms with Gasteiger partial charge in [0.15, 0.2) is 0 Å². The molecule has 0 amide bonds. The van der Waals surface area contributed by atoms with Crippen LogP contribution >= 0.6 is 11.6 Å². The lowest BCUT2D eigenvalue weighted by molar-refractivity contribution is 0.301. The summed E-state index contributed by atoms with van der Waals surface area (Å²) in [4.78, 5) is 0. The normalized spacial score (nSPS) is 12.2. The van der Waals surface area contributed by atoms with E-state index in [1.54, 1.807) is 0 Å². The molecule has 20 heavy (non-hydrogen) atoms. The highest BCUT2D eigenvalue weighted by Gasteiger charge is 2.09. The zero-order valence-electron chi connectivity index (χ0n) is 12.1. The van der Waals surface area contributed by atoms with Crippen molar-refractivity contribution in [2.75, 3.05) is 0 Å². The van der Waals surface area contributed by atoms with Crippen molar-refractivity contribution in [2.24, 2.45) is 5.73 Å². The fourth-order valence-electron chi connectivity index (χ4n) is 2.08. The summed E-state index contributed by atoms with van der Waals surface area (Å²) in [5.41, 5.74) is 10.3. The zero-order chi connectivity index (χ0) is 14.7. The predicted molar refractivity (Wildman–Crippen MR) is 84.3 cm³/mol. The molecule has 0 aliphatic heterocycles. The Bertz CT molecular complexity index is 608. The summed E-state index contributed by atoms with van der Waals surface area (Å²) < 4.78 is 5.90. The van der Waals surface area contributed by atoms with Crippen LogP contribution in [-0.2, 0) is 6.61 Å². The van der Waals surface area contributed by atoms with Gasteiger partial charge in [-0.05, 0) is 38.5 Å². The molecule has 0 spiro atoms. The second-order valence-electron chi connectivity index (χ2n) is 5.21. The Morgan fingerprint density at radius 2 is 1.75 bits per heavy atom. The molecule has 2 N–H and O–H groups in total. The van der Waals surface area contributed by atoms with Crippen LogP contribution in [-0.4, -0.2) is 0 Å². The van der Waals surface area contributed by atoms with Gasteiger partial charge in [-0.15, -0.1) is 0 Å². The van der Waals surface area contributed by atoms with Gasteiger partial charge in [0, 0.05) is 22.2 Å². The summed E-state index contributed by atoms with van der Waals surface area (Å²) in [6.45, 7) is 6.47. The second-order valence-corrected chi connectivity index (χ2v) is 5.62. The number of halogens is 1. The molecule has 0 saturated carbocycles. The summed E-state index contributed by atoms with van der Waals surface area (Å²) >= 11 is 6.22. The Morgan fingerprint density at radius 1 is 1.10 bits per heavy atom. The minimum Gasteiger partial charge on any atom is -0.489 e. The first kappa shape index (κ1) is 14.9. The van der Waals surface area contributed by atoms with Gasteiger partial charge in [-0.3, -0.25) is 0 Å². The van der Waals surface area contributed by atoms with Gasteiger partial charge in [0.2, 0.25) is 0 Å². The Morgan fingerprint density at radius 3 is 2.40 bits per heavy atom. The number of benzene rings is 2. The molecule has 2 rings (SSSR count). The van der Waals surface area contributed by atoms with Gasteiger partial charge in [0.25, 0.3) is 0 Å². The van der Waals surface area contributed by atoms with Crippen molar-refractivity contribution in [3.8, 4) is 5.75 Å². The second kappa shape index (κ2) is 6.29. The molecule has 1 atom stereocenters. The van der Waals surface area contributed by atoms with E-state index >= 15 is 0 Å². The molecule has 0 heterocycles. The average Bonchev–Trinajstić information content (AvgIpc) is 2.38. The van der Waals surface area contributed by atoms with Crippen LogP contribution in [0.2, 0.25) is 5.02 Å². The fourth-order valence-corrected chi connectivity index (χ4v) is 2.37. The maximum absolute atomic E-state index is 6.22. The highest BCUT2D eigenvalue weighted by atomic mass is 35.5. The van der Waals surface area contributed by atoms with Crippen molar-refractivity contribution in [1.29, 1.82) is 0 Å². The van der Waals surface area contributed by atoms with E-state index in [-0.39, 0.29) is 6.04 Å².